The van der Waals surface area contributed by atoms with Crippen LogP contribution >= 0.6 is 7.82 Å². The van der Waals surface area contributed by atoms with Gasteiger partial charge in [0, 0.05) is 12.8 Å². The zero-order chi connectivity index (χ0) is 66.3. The molecule has 0 heterocycles. The van der Waals surface area contributed by atoms with Gasteiger partial charge in [-0.15, -0.1) is 0 Å². The SMILES string of the molecule is CC/C=C\C/C=C\C/C=C\C/C=C\C/C=C\CCCCCCCCCCCCCC(=O)NC(COP(=O)(O)OCC[N+](C)(C)C)C(/C=C/CCCCCCCCCCCCC)OC(=O)CCCCCCCCCCCCCC/C=C\C/C=C\C/C=C\CCCCC. The molecular weight excluding hydrogens is 1140 g/mol. The molecule has 0 rings (SSSR count). The van der Waals surface area contributed by atoms with Gasteiger partial charge in [-0.1, -0.05) is 323 Å². The minimum absolute atomic E-state index is 0.0358. The lowest BCUT2D eigenvalue weighted by atomic mass is 10.0. The number of hydrogen-bond donors (Lipinski definition) is 2. The van der Waals surface area contributed by atoms with Gasteiger partial charge < -0.3 is 19.4 Å². The fraction of sp³-hybridized carbons (Fsp3) is 0.753. The van der Waals surface area contributed by atoms with Gasteiger partial charge in [0.2, 0.25) is 5.91 Å². The molecule has 526 valence electrons. The summed E-state index contributed by atoms with van der Waals surface area (Å²) in [7, 11) is 1.49. The maximum absolute atomic E-state index is 13.7. The number of carbonyl (C=O) groups is 2. The summed E-state index contributed by atoms with van der Waals surface area (Å²) >= 11 is 0. The Hall–Kier alpha value is -3.33. The van der Waals surface area contributed by atoms with Gasteiger partial charge >= 0.3 is 13.8 Å². The highest BCUT2D eigenvalue weighted by Crippen LogP contribution is 2.43. The highest BCUT2D eigenvalue weighted by atomic mass is 31.2. The first kappa shape index (κ1) is 87.7. The summed E-state index contributed by atoms with van der Waals surface area (Å²) in [6.45, 7) is 6.90. The lowest BCUT2D eigenvalue weighted by molar-refractivity contribution is -0.870. The van der Waals surface area contributed by atoms with Crippen molar-refractivity contribution in [3.8, 4) is 0 Å². The van der Waals surface area contributed by atoms with Crippen LogP contribution in [-0.4, -0.2) is 74.3 Å². The Labute approximate surface area is 563 Å². The third kappa shape index (κ3) is 70.8. The predicted molar refractivity (Wildman–Crippen MR) is 397 cm³/mol. The number of amides is 1. The standard InChI is InChI=1S/C81H145N2O7P/c1-7-10-13-16-19-22-25-28-30-32-34-36-38-40-41-43-44-46-48-50-52-55-58-61-64-67-70-73-80(84)82-78(77-89-91(86,87)88-76-75-83(4,5)6)79(72-69-66-63-60-57-54-27-24-21-18-15-12-9-3)90-81(85)74-71-68-65-62-59-56-53-51-49-47-45-42-39-37-35-33-31-29-26-23-20-17-14-11-8-2/h10,13,19-20,22-23,28-31,34-37,40-41,69,72,78-79H,7-9,11-12,14-18,21,24-27,32-33,38-39,42-68,70-71,73-77H2,1-6H3,(H-,82,84,86,87)/p+1/b13-10-,22-19-,23-20-,30-28-,31-29-,36-34-,37-35-,41-40-,72-69+. The summed E-state index contributed by atoms with van der Waals surface area (Å²) in [5.74, 6) is -0.504. The number of rotatable bonds is 69. The average molecular weight is 1290 g/mol. The van der Waals surface area contributed by atoms with E-state index in [9.17, 15) is 19.0 Å². The second-order valence-electron chi connectivity index (χ2n) is 26.8. The molecule has 0 aromatic carbocycles. The maximum atomic E-state index is 13.7. The number of likely N-dealkylation sites (N-methyl/N-ethyl adjacent to an activating group) is 1. The number of ether oxygens (including phenoxy) is 1. The van der Waals surface area contributed by atoms with Gasteiger partial charge in [-0.25, -0.2) is 4.57 Å². The Balaban J connectivity index is 5.03. The summed E-state index contributed by atoms with van der Waals surface area (Å²) in [4.78, 5) is 38.0. The molecule has 0 fully saturated rings. The molecule has 0 saturated carbocycles. The van der Waals surface area contributed by atoms with Crippen LogP contribution in [0.25, 0.3) is 0 Å². The van der Waals surface area contributed by atoms with Crippen LogP contribution in [0.3, 0.4) is 0 Å². The van der Waals surface area contributed by atoms with Crippen molar-refractivity contribution in [3.63, 3.8) is 0 Å². The van der Waals surface area contributed by atoms with Crippen molar-refractivity contribution in [2.24, 2.45) is 0 Å². The van der Waals surface area contributed by atoms with Gasteiger partial charge in [0.15, 0.2) is 0 Å². The van der Waals surface area contributed by atoms with Crippen LogP contribution in [0, 0.1) is 0 Å². The van der Waals surface area contributed by atoms with Crippen LogP contribution in [0.4, 0.5) is 0 Å². The fourth-order valence-electron chi connectivity index (χ4n) is 10.9. The summed E-state index contributed by atoms with van der Waals surface area (Å²) in [6, 6.07) is -0.858. The van der Waals surface area contributed by atoms with E-state index in [0.29, 0.717) is 17.4 Å². The second-order valence-corrected chi connectivity index (χ2v) is 28.2. The van der Waals surface area contributed by atoms with E-state index in [1.165, 1.54) is 205 Å². The quantitative estimate of drug-likeness (QED) is 0.0205. The van der Waals surface area contributed by atoms with E-state index in [0.717, 1.165) is 103 Å². The van der Waals surface area contributed by atoms with E-state index in [4.69, 9.17) is 13.8 Å². The number of carbonyl (C=O) groups excluding carboxylic acids is 2. The number of unbranched alkanes of at least 4 members (excludes halogenated alkanes) is 37. The monoisotopic (exact) mass is 1290 g/mol. The molecule has 0 bridgehead atoms. The first-order valence-electron chi connectivity index (χ1n) is 38.2. The molecule has 0 radical (unpaired) electrons. The molecule has 2 N–H and O–H groups in total. The summed E-state index contributed by atoms with van der Waals surface area (Å²) < 4.78 is 30.9. The maximum Gasteiger partial charge on any atom is 0.472 e. The molecule has 9 nitrogen and oxygen atoms in total. The van der Waals surface area contributed by atoms with Crippen LogP contribution in [0.15, 0.2) is 109 Å². The average Bonchev–Trinajstić information content (AvgIpc) is 3.45. The van der Waals surface area contributed by atoms with Crippen LogP contribution in [-0.2, 0) is 27.9 Å². The zero-order valence-electron chi connectivity index (χ0n) is 60.3. The van der Waals surface area contributed by atoms with E-state index in [1.807, 2.05) is 33.3 Å². The molecule has 3 atom stereocenters. The number of nitrogens with one attached hydrogen (secondary N) is 1. The van der Waals surface area contributed by atoms with Crippen molar-refractivity contribution in [1.29, 1.82) is 0 Å². The number of esters is 1. The minimum Gasteiger partial charge on any atom is -0.456 e. The number of allylic oxidation sites excluding steroid dienone is 17. The van der Waals surface area contributed by atoms with Gasteiger partial charge in [-0.2, -0.15) is 0 Å². The molecule has 0 saturated heterocycles. The molecule has 91 heavy (non-hydrogen) atoms. The Morgan fingerprint density at radius 3 is 1.08 bits per heavy atom. The van der Waals surface area contributed by atoms with Crippen LogP contribution in [0.1, 0.15) is 342 Å². The largest absolute Gasteiger partial charge is 0.472 e. The molecule has 0 aromatic rings. The molecule has 10 heteroatoms. The summed E-state index contributed by atoms with van der Waals surface area (Å²) in [5, 5.41) is 3.08. The number of phosphoric acid groups is 1. The summed E-state index contributed by atoms with van der Waals surface area (Å²) in [6.07, 6.45) is 96.7. The van der Waals surface area contributed by atoms with Crippen molar-refractivity contribution in [2.45, 2.75) is 354 Å². The van der Waals surface area contributed by atoms with Crippen molar-refractivity contribution >= 4 is 19.7 Å². The third-order valence-corrected chi connectivity index (χ3v) is 17.7. The molecule has 3 unspecified atom stereocenters. The second kappa shape index (κ2) is 69.5. The lowest BCUT2D eigenvalue weighted by Gasteiger charge is -2.27. The van der Waals surface area contributed by atoms with Gasteiger partial charge in [0.1, 0.15) is 19.3 Å². The van der Waals surface area contributed by atoms with Crippen molar-refractivity contribution in [1.82, 2.24) is 5.32 Å². The van der Waals surface area contributed by atoms with E-state index >= 15 is 0 Å². The smallest absolute Gasteiger partial charge is 0.456 e. The van der Waals surface area contributed by atoms with Crippen molar-refractivity contribution in [2.75, 3.05) is 40.9 Å². The van der Waals surface area contributed by atoms with E-state index in [2.05, 4.69) is 123 Å². The molecule has 0 aromatic heterocycles. The fourth-order valence-corrected chi connectivity index (χ4v) is 11.6. The zero-order valence-corrected chi connectivity index (χ0v) is 61.2. The van der Waals surface area contributed by atoms with E-state index < -0.39 is 20.0 Å². The van der Waals surface area contributed by atoms with E-state index in [1.54, 1.807) is 0 Å². The number of nitrogens with zero attached hydrogens (tertiary/aromatic N) is 1. The number of quaternary nitrogens is 1. The van der Waals surface area contributed by atoms with Crippen LogP contribution < -0.4 is 5.32 Å². The number of phosphoric ester groups is 1. The Kier molecular flexibility index (Phi) is 67.0. The van der Waals surface area contributed by atoms with Gasteiger partial charge in [-0.3, -0.25) is 18.6 Å². The topological polar surface area (TPSA) is 111 Å². The van der Waals surface area contributed by atoms with Crippen LogP contribution in [0.2, 0.25) is 0 Å². The highest BCUT2D eigenvalue weighted by Gasteiger charge is 2.30. The molecule has 0 spiro atoms. The van der Waals surface area contributed by atoms with Crippen molar-refractivity contribution < 1.29 is 37.3 Å². The third-order valence-electron chi connectivity index (χ3n) is 16.7. The van der Waals surface area contributed by atoms with Gasteiger partial charge in [-0.05, 0) is 115 Å². The minimum atomic E-state index is -4.47. The molecule has 1 amide bonds. The van der Waals surface area contributed by atoms with Gasteiger partial charge in [0.05, 0.1) is 33.8 Å². The van der Waals surface area contributed by atoms with Crippen molar-refractivity contribution in [3.05, 3.63) is 109 Å². The first-order valence-corrected chi connectivity index (χ1v) is 39.7. The summed E-state index contributed by atoms with van der Waals surface area (Å²) in [5.41, 5.74) is 0. The highest BCUT2D eigenvalue weighted by molar-refractivity contribution is 7.47. The van der Waals surface area contributed by atoms with Gasteiger partial charge in [0.25, 0.3) is 0 Å². The molecule has 0 aliphatic carbocycles. The Morgan fingerprint density at radius 2 is 0.703 bits per heavy atom. The molecule has 0 aliphatic rings. The molecular formula is C81H146N2O7P+. The normalized spacial score (nSPS) is 14.1. The Bertz CT molecular complexity index is 1930. The van der Waals surface area contributed by atoms with E-state index in [-0.39, 0.29) is 31.5 Å². The molecule has 0 aliphatic heterocycles. The van der Waals surface area contributed by atoms with Crippen LogP contribution in [0.5, 0.6) is 0 Å². The Morgan fingerprint density at radius 1 is 0.396 bits per heavy atom. The number of hydrogen-bond acceptors (Lipinski definition) is 6. The first-order chi connectivity index (χ1) is 44.4. The lowest BCUT2D eigenvalue weighted by Crippen LogP contribution is -2.47. The predicted octanol–water partition coefficient (Wildman–Crippen LogP) is 24.8.